The number of amides is 2. The average Bonchev–Trinajstić information content (AvgIpc) is 2.38. The van der Waals surface area contributed by atoms with Crippen molar-refractivity contribution in [1.82, 2.24) is 0 Å². The lowest BCUT2D eigenvalue weighted by Gasteiger charge is -2.09. The number of hydrogen-bond acceptors (Lipinski definition) is 1. The Labute approximate surface area is 121 Å². The fourth-order valence-corrected chi connectivity index (χ4v) is 1.87. The van der Waals surface area contributed by atoms with Gasteiger partial charge in [0.2, 0.25) is 0 Å². The average molecular weight is 295 g/mol. The monoisotopic (exact) mass is 294 g/mol. The van der Waals surface area contributed by atoms with E-state index in [2.05, 4.69) is 10.6 Å². The lowest BCUT2D eigenvalue weighted by molar-refractivity contribution is 0.262. The smallest absolute Gasteiger partial charge is 0.308 e. The Morgan fingerprint density at radius 3 is 2.37 bits per heavy atom. The van der Waals surface area contributed by atoms with Gasteiger partial charge in [0.05, 0.1) is 15.7 Å². The van der Waals surface area contributed by atoms with Gasteiger partial charge >= 0.3 is 6.03 Å². The van der Waals surface area contributed by atoms with Crippen LogP contribution < -0.4 is 10.6 Å². The van der Waals surface area contributed by atoms with Crippen LogP contribution in [0.5, 0.6) is 0 Å². The molecular weight excluding hydrogens is 283 g/mol. The molecule has 2 aromatic carbocycles. The van der Waals surface area contributed by atoms with Crippen LogP contribution in [0.1, 0.15) is 5.56 Å². The van der Waals surface area contributed by atoms with E-state index in [4.69, 9.17) is 23.2 Å². The number of benzene rings is 2. The fourth-order valence-electron chi connectivity index (χ4n) is 1.52. The van der Waals surface area contributed by atoms with Crippen molar-refractivity contribution in [3.05, 3.63) is 58.1 Å². The Morgan fingerprint density at radius 2 is 1.68 bits per heavy atom. The summed E-state index contributed by atoms with van der Waals surface area (Å²) in [4.78, 5) is 11.8. The van der Waals surface area contributed by atoms with Crippen LogP contribution in [-0.2, 0) is 0 Å². The highest BCUT2D eigenvalue weighted by molar-refractivity contribution is 6.44. The molecule has 0 aliphatic heterocycles. The van der Waals surface area contributed by atoms with Gasteiger partial charge in [-0.3, -0.25) is 0 Å². The van der Waals surface area contributed by atoms with Gasteiger partial charge in [0.15, 0.2) is 0 Å². The topological polar surface area (TPSA) is 41.1 Å². The number of halogens is 2. The van der Waals surface area contributed by atoms with Gasteiger partial charge in [-0.15, -0.1) is 0 Å². The molecule has 0 bridgehead atoms. The van der Waals surface area contributed by atoms with Crippen LogP contribution in [0.4, 0.5) is 16.2 Å². The number of carbonyl (C=O) groups excluding carboxylic acids is 1. The highest BCUT2D eigenvalue weighted by Crippen LogP contribution is 2.29. The summed E-state index contributed by atoms with van der Waals surface area (Å²) in [7, 11) is 0. The lowest BCUT2D eigenvalue weighted by Crippen LogP contribution is -2.19. The summed E-state index contributed by atoms with van der Waals surface area (Å²) in [5, 5.41) is 6.08. The third-order valence-corrected chi connectivity index (χ3v) is 3.33. The van der Waals surface area contributed by atoms with E-state index in [-0.39, 0.29) is 6.03 Å². The Bertz CT molecular complexity index is 597. The van der Waals surface area contributed by atoms with Gasteiger partial charge in [0, 0.05) is 5.69 Å². The molecule has 0 spiro atoms. The minimum absolute atomic E-state index is 0.322. The normalized spacial score (nSPS) is 10.1. The first-order valence-corrected chi connectivity index (χ1v) is 6.40. The van der Waals surface area contributed by atoms with Crippen molar-refractivity contribution >= 4 is 40.6 Å². The molecule has 0 atom stereocenters. The quantitative estimate of drug-likeness (QED) is 0.809. The molecule has 98 valence electrons. The van der Waals surface area contributed by atoms with Crippen LogP contribution >= 0.6 is 23.2 Å². The van der Waals surface area contributed by atoms with Gasteiger partial charge in [-0.1, -0.05) is 47.0 Å². The number of hydrogen-bond donors (Lipinski definition) is 2. The molecule has 0 aromatic heterocycles. The molecule has 2 amide bonds. The number of carbonyl (C=O) groups is 1. The van der Waals surface area contributed by atoms with Crippen LogP contribution in [0.3, 0.4) is 0 Å². The molecule has 19 heavy (non-hydrogen) atoms. The predicted octanol–water partition coefficient (Wildman–Crippen LogP) is 4.95. The molecule has 0 fully saturated rings. The standard InChI is InChI=1S/C14H12Cl2N2O/c1-9-5-7-10(8-6-9)17-14(19)18-12-4-2-3-11(15)13(12)16/h2-8H,1H3,(H2,17,18,19). The first kappa shape index (κ1) is 13.7. The molecule has 0 radical (unpaired) electrons. The second-order valence-corrected chi connectivity index (χ2v) is 4.83. The largest absolute Gasteiger partial charge is 0.323 e. The summed E-state index contributed by atoms with van der Waals surface area (Å²) in [6, 6.07) is 12.2. The zero-order valence-corrected chi connectivity index (χ0v) is 11.7. The van der Waals surface area contributed by atoms with Gasteiger partial charge in [-0.2, -0.15) is 0 Å². The molecule has 5 heteroatoms. The summed E-state index contributed by atoms with van der Waals surface area (Å²) >= 11 is 11.9. The Morgan fingerprint density at radius 1 is 1.00 bits per heavy atom. The number of urea groups is 1. The first-order chi connectivity index (χ1) is 9.06. The van der Waals surface area contributed by atoms with Gasteiger partial charge in [-0.25, -0.2) is 4.79 Å². The van der Waals surface area contributed by atoms with Crippen molar-refractivity contribution in [2.75, 3.05) is 10.6 Å². The van der Waals surface area contributed by atoms with E-state index >= 15 is 0 Å². The van der Waals surface area contributed by atoms with E-state index in [1.807, 2.05) is 31.2 Å². The van der Waals surface area contributed by atoms with Crippen LogP contribution in [0.2, 0.25) is 10.0 Å². The van der Waals surface area contributed by atoms with Crippen molar-refractivity contribution < 1.29 is 4.79 Å². The van der Waals surface area contributed by atoms with Gasteiger partial charge in [0.1, 0.15) is 0 Å². The summed E-state index contributed by atoms with van der Waals surface area (Å²) < 4.78 is 0. The summed E-state index contributed by atoms with van der Waals surface area (Å²) in [5.74, 6) is 0. The summed E-state index contributed by atoms with van der Waals surface area (Å²) in [6.45, 7) is 1.98. The molecule has 3 nitrogen and oxygen atoms in total. The maximum Gasteiger partial charge on any atom is 0.323 e. The van der Waals surface area contributed by atoms with Gasteiger partial charge in [0.25, 0.3) is 0 Å². The Kier molecular flexibility index (Phi) is 4.30. The van der Waals surface area contributed by atoms with Crippen molar-refractivity contribution in [2.45, 2.75) is 6.92 Å². The van der Waals surface area contributed by atoms with Crippen LogP contribution in [0, 0.1) is 6.92 Å². The maximum atomic E-state index is 11.8. The zero-order chi connectivity index (χ0) is 13.8. The second kappa shape index (κ2) is 5.95. The number of aryl methyl sites for hydroxylation is 1. The SMILES string of the molecule is Cc1ccc(NC(=O)Nc2cccc(Cl)c2Cl)cc1. The molecule has 0 heterocycles. The van der Waals surface area contributed by atoms with Crippen molar-refractivity contribution in [1.29, 1.82) is 0 Å². The zero-order valence-electron chi connectivity index (χ0n) is 10.2. The molecule has 0 unspecified atom stereocenters. The van der Waals surface area contributed by atoms with E-state index < -0.39 is 0 Å². The molecule has 2 rings (SSSR count). The van der Waals surface area contributed by atoms with Crippen LogP contribution in [-0.4, -0.2) is 6.03 Å². The van der Waals surface area contributed by atoms with Crippen LogP contribution in [0.25, 0.3) is 0 Å². The first-order valence-electron chi connectivity index (χ1n) is 5.65. The minimum atomic E-state index is -0.368. The summed E-state index contributed by atoms with van der Waals surface area (Å²) in [6.07, 6.45) is 0. The van der Waals surface area contributed by atoms with Crippen molar-refractivity contribution in [2.24, 2.45) is 0 Å². The summed E-state index contributed by atoms with van der Waals surface area (Å²) in [5.41, 5.74) is 2.31. The minimum Gasteiger partial charge on any atom is -0.308 e. The molecule has 0 aliphatic carbocycles. The Balaban J connectivity index is 2.05. The van der Waals surface area contributed by atoms with Crippen LogP contribution in [0.15, 0.2) is 42.5 Å². The molecule has 2 N–H and O–H groups in total. The van der Waals surface area contributed by atoms with E-state index in [0.29, 0.717) is 21.4 Å². The molecule has 0 aliphatic rings. The third-order valence-electron chi connectivity index (χ3n) is 2.51. The lowest BCUT2D eigenvalue weighted by atomic mass is 10.2. The van der Waals surface area contributed by atoms with Gasteiger partial charge < -0.3 is 10.6 Å². The molecule has 0 saturated heterocycles. The third kappa shape index (κ3) is 3.63. The number of anilines is 2. The molecule has 2 aromatic rings. The second-order valence-electron chi connectivity index (χ2n) is 4.05. The number of rotatable bonds is 2. The fraction of sp³-hybridized carbons (Fsp3) is 0.0714. The predicted molar refractivity (Wildman–Crippen MR) is 80.3 cm³/mol. The maximum absolute atomic E-state index is 11.8. The van der Waals surface area contributed by atoms with Gasteiger partial charge in [-0.05, 0) is 31.2 Å². The highest BCUT2D eigenvalue weighted by Gasteiger charge is 2.08. The van der Waals surface area contributed by atoms with Crippen molar-refractivity contribution in [3.63, 3.8) is 0 Å². The highest BCUT2D eigenvalue weighted by atomic mass is 35.5. The van der Waals surface area contributed by atoms with E-state index in [1.54, 1.807) is 18.2 Å². The molecule has 0 saturated carbocycles. The van der Waals surface area contributed by atoms with Crippen molar-refractivity contribution in [3.8, 4) is 0 Å². The number of nitrogens with one attached hydrogen (secondary N) is 2. The molecular formula is C14H12Cl2N2O. The van der Waals surface area contributed by atoms with E-state index in [1.165, 1.54) is 0 Å². The van der Waals surface area contributed by atoms with E-state index in [0.717, 1.165) is 5.56 Å². The van der Waals surface area contributed by atoms with E-state index in [9.17, 15) is 4.79 Å². The Hall–Kier alpha value is -1.71.